The van der Waals surface area contributed by atoms with Gasteiger partial charge in [0.2, 0.25) is 0 Å². The minimum Gasteiger partial charge on any atom is -0.487 e. The number of benzene rings is 1. The van der Waals surface area contributed by atoms with E-state index in [0.717, 1.165) is 31.6 Å². The first-order chi connectivity index (χ1) is 10.5. The molecule has 0 N–H and O–H groups in total. The van der Waals surface area contributed by atoms with Crippen LogP contribution in [0.25, 0.3) is 0 Å². The van der Waals surface area contributed by atoms with Gasteiger partial charge in [0.1, 0.15) is 0 Å². The quantitative estimate of drug-likeness (QED) is 0.459. The number of nitro benzene ring substituents is 1. The molecule has 0 unspecified atom stereocenters. The number of aryl methyl sites for hydroxylation is 1. The fourth-order valence-electron chi connectivity index (χ4n) is 2.83. The lowest BCUT2D eigenvalue weighted by Crippen LogP contribution is -2.45. The van der Waals surface area contributed by atoms with Crippen LogP contribution in [0.3, 0.4) is 0 Å². The van der Waals surface area contributed by atoms with E-state index in [2.05, 4.69) is 18.7 Å². The van der Waals surface area contributed by atoms with Gasteiger partial charge in [-0.2, -0.15) is 0 Å². The van der Waals surface area contributed by atoms with Gasteiger partial charge >= 0.3 is 5.69 Å². The van der Waals surface area contributed by atoms with Crippen LogP contribution in [0.1, 0.15) is 25.8 Å². The fourth-order valence-corrected chi connectivity index (χ4v) is 2.83. The van der Waals surface area contributed by atoms with E-state index in [1.807, 2.05) is 6.92 Å². The molecule has 1 aliphatic heterocycles. The van der Waals surface area contributed by atoms with Crippen LogP contribution in [0.2, 0.25) is 0 Å². The molecule has 0 radical (unpaired) electrons. The van der Waals surface area contributed by atoms with Crippen molar-refractivity contribution in [2.75, 3.05) is 26.2 Å². The van der Waals surface area contributed by atoms with Crippen molar-refractivity contribution < 1.29 is 14.4 Å². The molecule has 2 atom stereocenters. The van der Waals surface area contributed by atoms with E-state index in [1.165, 1.54) is 6.07 Å². The molecule has 122 valence electrons. The summed E-state index contributed by atoms with van der Waals surface area (Å²) in [5, 5.41) is 11.0. The van der Waals surface area contributed by atoms with E-state index >= 15 is 0 Å². The summed E-state index contributed by atoms with van der Waals surface area (Å²) in [6.45, 7) is 9.30. The maximum absolute atomic E-state index is 11.0. The molecule has 2 rings (SSSR count). The second-order valence-corrected chi connectivity index (χ2v) is 5.95. The molecule has 1 heterocycles. The molecule has 22 heavy (non-hydrogen) atoms. The van der Waals surface area contributed by atoms with Gasteiger partial charge in [-0.05, 0) is 38.8 Å². The largest absolute Gasteiger partial charge is 0.487 e. The van der Waals surface area contributed by atoms with E-state index in [1.54, 1.807) is 12.1 Å². The standard InChI is InChI=1S/C16H24N2O4/c1-12-5-6-15(18(19)20)16(9-12)21-8-4-7-17-10-13(2)22-14(3)11-17/h5-6,9,13-14H,4,7-8,10-11H2,1-3H3/t13-,14-/m1/s1. The minimum atomic E-state index is -0.403. The summed E-state index contributed by atoms with van der Waals surface area (Å²) in [6, 6.07) is 4.94. The number of nitrogens with zero attached hydrogens (tertiary/aromatic N) is 2. The topological polar surface area (TPSA) is 64.8 Å². The second-order valence-electron chi connectivity index (χ2n) is 5.95. The molecule has 6 heteroatoms. The van der Waals surface area contributed by atoms with E-state index in [0.29, 0.717) is 12.4 Å². The zero-order valence-corrected chi connectivity index (χ0v) is 13.4. The molecule has 1 saturated heterocycles. The molecule has 0 bridgehead atoms. The van der Waals surface area contributed by atoms with Gasteiger partial charge in [-0.1, -0.05) is 6.07 Å². The Morgan fingerprint density at radius 2 is 2.05 bits per heavy atom. The summed E-state index contributed by atoms with van der Waals surface area (Å²) in [7, 11) is 0. The predicted octanol–water partition coefficient (Wildman–Crippen LogP) is 2.78. The zero-order valence-electron chi connectivity index (χ0n) is 13.4. The van der Waals surface area contributed by atoms with E-state index in [4.69, 9.17) is 9.47 Å². The van der Waals surface area contributed by atoms with Gasteiger partial charge in [0.15, 0.2) is 5.75 Å². The molecule has 0 saturated carbocycles. The van der Waals surface area contributed by atoms with Crippen molar-refractivity contribution in [1.82, 2.24) is 4.90 Å². The number of morpholine rings is 1. The molecule has 1 aliphatic rings. The number of ether oxygens (including phenoxy) is 2. The molecule has 0 aromatic heterocycles. The molecule has 1 fully saturated rings. The lowest BCUT2D eigenvalue weighted by atomic mass is 10.2. The normalized spacial score (nSPS) is 22.5. The first-order valence-corrected chi connectivity index (χ1v) is 7.71. The van der Waals surface area contributed by atoms with Crippen LogP contribution in [-0.2, 0) is 4.74 Å². The minimum absolute atomic E-state index is 0.0271. The highest BCUT2D eigenvalue weighted by atomic mass is 16.6. The van der Waals surface area contributed by atoms with Crippen LogP contribution in [0.15, 0.2) is 18.2 Å². The second kappa shape index (κ2) is 7.56. The third-order valence-corrected chi connectivity index (χ3v) is 3.68. The Hall–Kier alpha value is -1.66. The average molecular weight is 308 g/mol. The Balaban J connectivity index is 1.81. The summed E-state index contributed by atoms with van der Waals surface area (Å²) in [4.78, 5) is 12.9. The molecule has 6 nitrogen and oxygen atoms in total. The average Bonchev–Trinajstić information content (AvgIpc) is 2.42. The van der Waals surface area contributed by atoms with Gasteiger partial charge in [0.25, 0.3) is 0 Å². The number of hydrogen-bond acceptors (Lipinski definition) is 5. The van der Waals surface area contributed by atoms with Crippen molar-refractivity contribution in [3.8, 4) is 5.75 Å². The molecule has 1 aromatic rings. The van der Waals surface area contributed by atoms with Gasteiger partial charge < -0.3 is 9.47 Å². The maximum Gasteiger partial charge on any atom is 0.310 e. The van der Waals surface area contributed by atoms with Crippen LogP contribution in [0.5, 0.6) is 5.75 Å². The molecular weight excluding hydrogens is 284 g/mol. The zero-order chi connectivity index (χ0) is 16.1. The Morgan fingerprint density at radius 3 is 2.68 bits per heavy atom. The lowest BCUT2D eigenvalue weighted by molar-refractivity contribution is -0.385. The lowest BCUT2D eigenvalue weighted by Gasteiger charge is -2.35. The number of nitro groups is 1. The summed E-state index contributed by atoms with van der Waals surface area (Å²) in [5.74, 6) is 0.355. The summed E-state index contributed by atoms with van der Waals surface area (Å²) >= 11 is 0. The summed E-state index contributed by atoms with van der Waals surface area (Å²) in [5.41, 5.74) is 0.982. The first kappa shape index (κ1) is 16.7. The highest BCUT2D eigenvalue weighted by Gasteiger charge is 2.21. The van der Waals surface area contributed by atoms with Crippen molar-refractivity contribution in [1.29, 1.82) is 0 Å². The van der Waals surface area contributed by atoms with Crippen molar-refractivity contribution in [2.24, 2.45) is 0 Å². The third-order valence-electron chi connectivity index (χ3n) is 3.68. The first-order valence-electron chi connectivity index (χ1n) is 7.71. The molecule has 0 amide bonds. The molecule has 0 spiro atoms. The molecule has 0 aliphatic carbocycles. The van der Waals surface area contributed by atoms with Crippen molar-refractivity contribution in [3.05, 3.63) is 33.9 Å². The van der Waals surface area contributed by atoms with Gasteiger partial charge in [-0.3, -0.25) is 15.0 Å². The highest BCUT2D eigenvalue weighted by molar-refractivity contribution is 5.48. The van der Waals surface area contributed by atoms with Gasteiger partial charge in [0, 0.05) is 25.7 Å². The monoisotopic (exact) mass is 308 g/mol. The molecular formula is C16H24N2O4. The molecule has 1 aromatic carbocycles. The van der Waals surface area contributed by atoms with Crippen molar-refractivity contribution in [2.45, 2.75) is 39.4 Å². The van der Waals surface area contributed by atoms with Crippen LogP contribution in [0, 0.1) is 17.0 Å². The van der Waals surface area contributed by atoms with Crippen LogP contribution >= 0.6 is 0 Å². The predicted molar refractivity (Wildman–Crippen MR) is 84.4 cm³/mol. The fraction of sp³-hybridized carbons (Fsp3) is 0.625. The summed E-state index contributed by atoms with van der Waals surface area (Å²) < 4.78 is 11.3. The Bertz CT molecular complexity index is 511. The Labute approximate surface area is 131 Å². The van der Waals surface area contributed by atoms with Gasteiger partial charge in [-0.15, -0.1) is 0 Å². The Kier molecular flexibility index (Phi) is 5.74. The van der Waals surface area contributed by atoms with E-state index < -0.39 is 4.92 Å². The van der Waals surface area contributed by atoms with Gasteiger partial charge in [0.05, 0.1) is 23.7 Å². The van der Waals surface area contributed by atoms with Crippen LogP contribution in [0.4, 0.5) is 5.69 Å². The summed E-state index contributed by atoms with van der Waals surface area (Å²) in [6.07, 6.45) is 1.34. The Morgan fingerprint density at radius 1 is 1.36 bits per heavy atom. The van der Waals surface area contributed by atoms with E-state index in [-0.39, 0.29) is 17.9 Å². The SMILES string of the molecule is Cc1ccc([N+](=O)[O-])c(OCCCN2C[C@@H](C)O[C@H](C)C2)c1. The van der Waals surface area contributed by atoms with Crippen molar-refractivity contribution >= 4 is 5.69 Å². The van der Waals surface area contributed by atoms with Crippen LogP contribution < -0.4 is 4.74 Å². The van der Waals surface area contributed by atoms with Gasteiger partial charge in [-0.25, -0.2) is 0 Å². The highest BCUT2D eigenvalue weighted by Crippen LogP contribution is 2.27. The third kappa shape index (κ3) is 4.68. The van der Waals surface area contributed by atoms with E-state index in [9.17, 15) is 10.1 Å². The maximum atomic E-state index is 11.0. The smallest absolute Gasteiger partial charge is 0.310 e. The van der Waals surface area contributed by atoms with Crippen molar-refractivity contribution in [3.63, 3.8) is 0 Å². The number of rotatable bonds is 6. The van der Waals surface area contributed by atoms with Crippen LogP contribution in [-0.4, -0.2) is 48.3 Å². The number of hydrogen-bond donors (Lipinski definition) is 0.